The molecule has 1 aliphatic heterocycles. The molecule has 26 heavy (non-hydrogen) atoms. The number of fused-ring (bicyclic) bond motifs is 4. The highest BCUT2D eigenvalue weighted by Gasteiger charge is 2.66. The highest BCUT2D eigenvalue weighted by molar-refractivity contribution is 6.32. The molecule has 2 aromatic rings. The number of likely N-dealkylation sites (N-methyl/N-ethyl adjacent to an activating group) is 1. The molecule has 1 amide bonds. The van der Waals surface area contributed by atoms with Crippen molar-refractivity contribution in [3.05, 3.63) is 46.3 Å². The van der Waals surface area contributed by atoms with Crippen molar-refractivity contribution in [3.8, 4) is 0 Å². The molecule has 0 bridgehead atoms. The van der Waals surface area contributed by atoms with Crippen molar-refractivity contribution < 1.29 is 9.32 Å². The maximum absolute atomic E-state index is 13.5. The Kier molecular flexibility index (Phi) is 2.88. The van der Waals surface area contributed by atoms with Crippen molar-refractivity contribution in [2.24, 2.45) is 16.1 Å². The summed E-state index contributed by atoms with van der Waals surface area (Å²) in [5, 5.41) is 4.19. The zero-order valence-corrected chi connectivity index (χ0v) is 14.9. The van der Waals surface area contributed by atoms with E-state index >= 15 is 0 Å². The third kappa shape index (κ3) is 1.66. The minimum absolute atomic E-state index is 0.0723. The fourth-order valence-corrected chi connectivity index (χ4v) is 5.13. The van der Waals surface area contributed by atoms with Gasteiger partial charge in [-0.05, 0) is 43.7 Å². The van der Waals surface area contributed by atoms with Crippen LogP contribution in [0.1, 0.15) is 34.6 Å². The van der Waals surface area contributed by atoms with Crippen LogP contribution in [0, 0.1) is 12.3 Å². The highest BCUT2D eigenvalue weighted by atomic mass is 16.5. The van der Waals surface area contributed by atoms with Gasteiger partial charge in [0.1, 0.15) is 13.6 Å². The van der Waals surface area contributed by atoms with Gasteiger partial charge in [-0.1, -0.05) is 28.8 Å². The smallest absolute Gasteiger partial charge is 0.262 e. The number of aliphatic imine (C=N–C) groups is 1. The maximum atomic E-state index is 13.5. The van der Waals surface area contributed by atoms with E-state index in [-0.39, 0.29) is 17.3 Å². The Hall–Kier alpha value is -2.57. The first kappa shape index (κ1) is 15.7. The monoisotopic (exact) mass is 346 g/mol. The molecule has 2 N–H and O–H groups in total. The Labute approximate surface area is 152 Å². The SMILES string of the molecule is [B]c1ccc2c(c1)C1(N=C(N)N(C)C1=O)C1(CCc3noc(C)c3C1)C2. The van der Waals surface area contributed by atoms with Crippen molar-refractivity contribution in [1.82, 2.24) is 10.1 Å². The Morgan fingerprint density at radius 3 is 2.88 bits per heavy atom. The molecule has 2 heterocycles. The van der Waals surface area contributed by atoms with E-state index in [4.69, 9.17) is 23.1 Å². The van der Waals surface area contributed by atoms with Gasteiger partial charge >= 0.3 is 0 Å². The minimum atomic E-state index is -1.02. The molecule has 2 spiro atoms. The van der Waals surface area contributed by atoms with Gasteiger partial charge in [-0.2, -0.15) is 0 Å². The first-order valence-electron chi connectivity index (χ1n) is 8.84. The largest absolute Gasteiger partial charge is 0.369 e. The van der Waals surface area contributed by atoms with Crippen molar-refractivity contribution >= 4 is 25.2 Å². The summed E-state index contributed by atoms with van der Waals surface area (Å²) in [7, 11) is 7.76. The molecule has 2 aliphatic carbocycles. The number of rotatable bonds is 0. The number of hydrogen-bond acceptors (Lipinski definition) is 5. The third-order valence-electron chi connectivity index (χ3n) is 6.48. The average Bonchev–Trinajstić information content (AvgIpc) is 3.19. The molecule has 1 aromatic heterocycles. The first-order chi connectivity index (χ1) is 12.4. The molecule has 6 nitrogen and oxygen atoms in total. The van der Waals surface area contributed by atoms with E-state index < -0.39 is 5.54 Å². The normalized spacial score (nSPS) is 29.4. The first-order valence-corrected chi connectivity index (χ1v) is 8.84. The second-order valence-corrected chi connectivity index (χ2v) is 7.76. The van der Waals surface area contributed by atoms with Gasteiger partial charge in [-0.3, -0.25) is 9.69 Å². The number of benzene rings is 1. The molecule has 2 radical (unpaired) electrons. The summed E-state index contributed by atoms with van der Waals surface area (Å²) in [4.78, 5) is 19.7. The summed E-state index contributed by atoms with van der Waals surface area (Å²) in [6.45, 7) is 1.93. The quantitative estimate of drug-likeness (QED) is 0.704. The fraction of sp³-hybridized carbons (Fsp3) is 0.421. The minimum Gasteiger partial charge on any atom is -0.369 e. The van der Waals surface area contributed by atoms with Crippen molar-refractivity contribution in [2.75, 3.05) is 7.05 Å². The molecule has 130 valence electrons. The van der Waals surface area contributed by atoms with Crippen LogP contribution in [0.15, 0.2) is 27.7 Å². The lowest BCUT2D eigenvalue weighted by molar-refractivity contribution is -0.135. The lowest BCUT2D eigenvalue weighted by Gasteiger charge is -2.43. The van der Waals surface area contributed by atoms with E-state index in [0.717, 1.165) is 47.4 Å². The van der Waals surface area contributed by atoms with Crippen LogP contribution < -0.4 is 11.2 Å². The van der Waals surface area contributed by atoms with E-state index in [1.165, 1.54) is 4.90 Å². The second kappa shape index (κ2) is 4.78. The molecule has 0 saturated heterocycles. The van der Waals surface area contributed by atoms with E-state index in [9.17, 15) is 4.79 Å². The molecule has 5 rings (SSSR count). The Morgan fingerprint density at radius 1 is 1.35 bits per heavy atom. The molecule has 2 atom stereocenters. The lowest BCUT2D eigenvalue weighted by atomic mass is 9.61. The van der Waals surface area contributed by atoms with Gasteiger partial charge in [-0.25, -0.2) is 4.99 Å². The predicted octanol–water partition coefficient (Wildman–Crippen LogP) is 0.490. The van der Waals surface area contributed by atoms with E-state index in [0.29, 0.717) is 11.9 Å². The fourth-order valence-electron chi connectivity index (χ4n) is 5.13. The van der Waals surface area contributed by atoms with Crippen LogP contribution in [0.4, 0.5) is 0 Å². The molecule has 3 aliphatic rings. The summed E-state index contributed by atoms with van der Waals surface area (Å²) < 4.78 is 5.41. The summed E-state index contributed by atoms with van der Waals surface area (Å²) in [6.07, 6.45) is 3.03. The summed E-state index contributed by atoms with van der Waals surface area (Å²) >= 11 is 0. The predicted molar refractivity (Wildman–Crippen MR) is 97.3 cm³/mol. The molecular weight excluding hydrogens is 327 g/mol. The van der Waals surface area contributed by atoms with Crippen molar-refractivity contribution in [3.63, 3.8) is 0 Å². The second-order valence-electron chi connectivity index (χ2n) is 7.76. The van der Waals surface area contributed by atoms with Crippen LogP contribution in [-0.4, -0.2) is 36.8 Å². The van der Waals surface area contributed by atoms with Crippen LogP contribution in [-0.2, 0) is 29.6 Å². The van der Waals surface area contributed by atoms with Gasteiger partial charge in [0.15, 0.2) is 11.5 Å². The maximum Gasteiger partial charge on any atom is 0.262 e. The van der Waals surface area contributed by atoms with Crippen molar-refractivity contribution in [1.29, 1.82) is 0 Å². The van der Waals surface area contributed by atoms with Crippen LogP contribution >= 0.6 is 0 Å². The number of nitrogens with two attached hydrogens (primary N) is 1. The van der Waals surface area contributed by atoms with Gasteiger partial charge < -0.3 is 10.3 Å². The number of aromatic nitrogens is 1. The number of carbonyl (C=O) groups is 1. The van der Waals surface area contributed by atoms with Gasteiger partial charge in [0.25, 0.3) is 5.91 Å². The van der Waals surface area contributed by atoms with E-state index in [1.54, 1.807) is 7.05 Å². The number of amides is 1. The standard InChI is InChI=1S/C19H19BN4O2/c1-10-13-9-18(6-5-15(13)23-26-10)8-11-3-4-12(20)7-14(11)19(18)16(25)24(2)17(21)22-19/h3-4,7H,5-6,8-9H2,1-2H3,(H2,21,22). The molecule has 1 aromatic carbocycles. The van der Waals surface area contributed by atoms with Gasteiger partial charge in [0, 0.05) is 18.0 Å². The average molecular weight is 346 g/mol. The number of guanidine groups is 1. The Morgan fingerprint density at radius 2 is 2.15 bits per heavy atom. The number of aryl methyl sites for hydroxylation is 2. The Bertz CT molecular complexity index is 997. The lowest BCUT2D eigenvalue weighted by Crippen LogP contribution is -2.52. The molecule has 7 heteroatoms. The summed E-state index contributed by atoms with van der Waals surface area (Å²) in [6, 6.07) is 5.81. The van der Waals surface area contributed by atoms with Gasteiger partial charge in [0.2, 0.25) is 0 Å². The molecule has 0 fully saturated rings. The van der Waals surface area contributed by atoms with E-state index in [1.807, 2.05) is 25.1 Å². The van der Waals surface area contributed by atoms with E-state index in [2.05, 4.69) is 5.16 Å². The third-order valence-corrected chi connectivity index (χ3v) is 6.48. The van der Waals surface area contributed by atoms with Crippen LogP contribution in [0.25, 0.3) is 0 Å². The summed E-state index contributed by atoms with van der Waals surface area (Å²) in [5.41, 5.74) is 9.46. The number of hydrogen-bond donors (Lipinski definition) is 1. The molecular formula is C19H19BN4O2. The van der Waals surface area contributed by atoms with Gasteiger partial charge in [-0.15, -0.1) is 0 Å². The Balaban J connectivity index is 1.77. The van der Waals surface area contributed by atoms with Crippen LogP contribution in [0.3, 0.4) is 0 Å². The van der Waals surface area contributed by atoms with Crippen molar-refractivity contribution in [2.45, 2.75) is 38.1 Å². The highest BCUT2D eigenvalue weighted by Crippen LogP contribution is 2.60. The van der Waals surface area contributed by atoms with Crippen LogP contribution in [0.5, 0.6) is 0 Å². The zero-order valence-electron chi connectivity index (χ0n) is 14.9. The molecule has 0 saturated carbocycles. The number of nitrogens with zero attached hydrogens (tertiary/aromatic N) is 3. The van der Waals surface area contributed by atoms with Crippen LogP contribution in [0.2, 0.25) is 0 Å². The number of carbonyl (C=O) groups excluding carboxylic acids is 1. The summed E-state index contributed by atoms with van der Waals surface area (Å²) in [5.74, 6) is 1.01. The molecule has 2 unspecified atom stereocenters. The van der Waals surface area contributed by atoms with Gasteiger partial charge in [0.05, 0.1) is 5.69 Å². The zero-order chi connectivity index (χ0) is 18.3. The topological polar surface area (TPSA) is 84.7 Å².